The van der Waals surface area contributed by atoms with Crippen molar-refractivity contribution in [1.29, 1.82) is 0 Å². The van der Waals surface area contributed by atoms with E-state index in [9.17, 15) is 19.5 Å². The zero-order valence-electron chi connectivity index (χ0n) is 17.2. The largest absolute Gasteiger partial charge is 0.478 e. The first-order valence-corrected chi connectivity index (χ1v) is 11.5. The van der Waals surface area contributed by atoms with Crippen molar-refractivity contribution in [3.63, 3.8) is 0 Å². The molecule has 0 saturated carbocycles. The van der Waals surface area contributed by atoms with Crippen molar-refractivity contribution >= 4 is 41.4 Å². The fourth-order valence-electron chi connectivity index (χ4n) is 2.57. The number of rotatable bonds is 9. The van der Waals surface area contributed by atoms with Gasteiger partial charge in [0.15, 0.2) is 0 Å². The molecule has 1 aliphatic rings. The summed E-state index contributed by atoms with van der Waals surface area (Å²) in [6.07, 6.45) is 3.01. The first-order chi connectivity index (χ1) is 14.6. The maximum Gasteiger partial charge on any atom is 0.376 e. The number of carboxylic acids is 1. The Labute approximate surface area is 187 Å². The molecule has 0 spiro atoms. The van der Waals surface area contributed by atoms with Crippen LogP contribution in [0.25, 0.3) is 0 Å². The van der Waals surface area contributed by atoms with Gasteiger partial charge in [0.25, 0.3) is 5.60 Å². The molecule has 3 heterocycles. The average molecular weight is 467 g/mol. The average Bonchev–Trinajstić information content (AvgIpc) is 3.43. The third-order valence-electron chi connectivity index (χ3n) is 4.25. The lowest BCUT2D eigenvalue weighted by Gasteiger charge is -2.25. The molecule has 0 radical (unpaired) electrons. The first kappa shape index (κ1) is 23.1. The minimum absolute atomic E-state index is 0.0333. The second-order valence-corrected chi connectivity index (χ2v) is 9.73. The van der Waals surface area contributed by atoms with Gasteiger partial charge >= 0.3 is 17.9 Å². The van der Waals surface area contributed by atoms with Crippen molar-refractivity contribution in [3.05, 3.63) is 59.0 Å². The van der Waals surface area contributed by atoms with Crippen LogP contribution in [0.3, 0.4) is 0 Å². The van der Waals surface area contributed by atoms with E-state index in [-0.39, 0.29) is 16.4 Å². The highest BCUT2D eigenvalue weighted by atomic mass is 32.2. The van der Waals surface area contributed by atoms with E-state index in [2.05, 4.69) is 0 Å². The van der Waals surface area contributed by atoms with E-state index in [1.54, 1.807) is 45.0 Å². The molecule has 3 rings (SSSR count). The van der Waals surface area contributed by atoms with Crippen LogP contribution in [0, 0.1) is 5.41 Å². The summed E-state index contributed by atoms with van der Waals surface area (Å²) in [7, 11) is 0. The lowest BCUT2D eigenvalue weighted by Crippen LogP contribution is -2.43. The Bertz CT molecular complexity index is 970. The van der Waals surface area contributed by atoms with Crippen LogP contribution in [0.4, 0.5) is 0 Å². The topological polar surface area (TPSA) is 116 Å². The van der Waals surface area contributed by atoms with Crippen LogP contribution in [-0.2, 0) is 35.4 Å². The fraction of sp³-hybridized carbons (Fsp3) is 0.381. The van der Waals surface area contributed by atoms with Gasteiger partial charge in [-0.15, -0.1) is 23.5 Å². The Morgan fingerprint density at radius 2 is 1.71 bits per heavy atom. The van der Waals surface area contributed by atoms with E-state index < -0.39 is 34.7 Å². The van der Waals surface area contributed by atoms with Crippen molar-refractivity contribution in [2.24, 2.45) is 5.41 Å². The highest BCUT2D eigenvalue weighted by Crippen LogP contribution is 2.45. The van der Waals surface area contributed by atoms with Gasteiger partial charge in [0.1, 0.15) is 11.5 Å². The van der Waals surface area contributed by atoms with Crippen LogP contribution < -0.4 is 0 Å². The number of ether oxygens (including phenoxy) is 2. The molecule has 1 atom stereocenters. The highest BCUT2D eigenvalue weighted by Gasteiger charge is 2.56. The number of carbonyl (C=O) groups excluding carboxylic acids is 2. The number of carboxylic acid groups (broad SMARTS) is 1. The van der Waals surface area contributed by atoms with Gasteiger partial charge in [-0.2, -0.15) is 0 Å². The molecule has 0 aromatic carbocycles. The molecule has 1 aliphatic heterocycles. The summed E-state index contributed by atoms with van der Waals surface area (Å²) in [6.45, 7) is 4.90. The summed E-state index contributed by atoms with van der Waals surface area (Å²) < 4.78 is 21.3. The third-order valence-corrected chi connectivity index (χ3v) is 6.58. The maximum atomic E-state index is 12.6. The van der Waals surface area contributed by atoms with E-state index in [0.29, 0.717) is 17.3 Å². The lowest BCUT2D eigenvalue weighted by atomic mass is 9.97. The second-order valence-electron chi connectivity index (χ2n) is 7.76. The summed E-state index contributed by atoms with van der Waals surface area (Å²) in [5.74, 6) is -1.65. The summed E-state index contributed by atoms with van der Waals surface area (Å²) in [6, 6.07) is 6.91. The van der Waals surface area contributed by atoms with Crippen LogP contribution in [0.15, 0.2) is 56.3 Å². The number of esters is 2. The van der Waals surface area contributed by atoms with Crippen LogP contribution in [0.2, 0.25) is 0 Å². The van der Waals surface area contributed by atoms with Gasteiger partial charge in [0.05, 0.1) is 40.1 Å². The Kier molecular flexibility index (Phi) is 6.90. The Morgan fingerprint density at radius 3 is 2.23 bits per heavy atom. The van der Waals surface area contributed by atoms with Crippen molar-refractivity contribution in [1.82, 2.24) is 0 Å². The predicted molar refractivity (Wildman–Crippen MR) is 114 cm³/mol. The van der Waals surface area contributed by atoms with Gasteiger partial charge in [-0.05, 0) is 45.0 Å². The molecule has 8 nitrogen and oxygen atoms in total. The summed E-state index contributed by atoms with van der Waals surface area (Å²) in [5.41, 5.74) is -2.88. The molecule has 31 heavy (non-hydrogen) atoms. The molecular weight excluding hydrogens is 444 g/mol. The number of hydrogen-bond acceptors (Lipinski definition) is 9. The zero-order valence-corrected chi connectivity index (χ0v) is 18.8. The molecule has 0 bridgehead atoms. The van der Waals surface area contributed by atoms with Crippen LogP contribution in [-0.4, -0.2) is 34.4 Å². The molecule has 10 heteroatoms. The quantitative estimate of drug-likeness (QED) is 0.538. The minimum atomic E-state index is -1.99. The molecule has 0 fully saturated rings. The van der Waals surface area contributed by atoms with Gasteiger partial charge in [-0.3, -0.25) is 4.79 Å². The molecular formula is C21H22O8S2. The third kappa shape index (κ3) is 5.19. The van der Waals surface area contributed by atoms with Crippen molar-refractivity contribution < 1.29 is 37.8 Å². The molecule has 0 saturated heterocycles. The Hall–Kier alpha value is -2.59. The highest BCUT2D eigenvalue weighted by molar-refractivity contribution is 8.02. The standard InChI is InChI=1S/C21H22O8S2/c1-20(2,3)19(25)28-15-16(31-11-14-7-5-9-27-14)21(18(23)24,29-17(15)22)12-30-10-13-6-4-8-26-13/h4-9H,10-12H2,1-3H3,(H,23,24). The number of cyclic esters (lactones) is 1. The number of furan rings is 2. The van der Waals surface area contributed by atoms with Gasteiger partial charge in [0, 0.05) is 0 Å². The molecule has 1 unspecified atom stereocenters. The van der Waals surface area contributed by atoms with Crippen LogP contribution in [0.1, 0.15) is 32.3 Å². The molecule has 0 amide bonds. The zero-order chi connectivity index (χ0) is 22.6. The fourth-order valence-corrected chi connectivity index (χ4v) is 4.88. The predicted octanol–water partition coefficient (Wildman–Crippen LogP) is 4.22. The number of aliphatic carboxylic acids is 1. The number of thioether (sulfide) groups is 2. The molecule has 2 aromatic heterocycles. The maximum absolute atomic E-state index is 12.6. The summed E-state index contributed by atoms with van der Waals surface area (Å²) in [5, 5.41) is 10.1. The van der Waals surface area contributed by atoms with Crippen molar-refractivity contribution in [3.8, 4) is 0 Å². The first-order valence-electron chi connectivity index (χ1n) is 9.32. The van der Waals surface area contributed by atoms with Crippen LogP contribution in [0.5, 0.6) is 0 Å². The lowest BCUT2D eigenvalue weighted by molar-refractivity contribution is -0.167. The second kappa shape index (κ2) is 9.27. The summed E-state index contributed by atoms with van der Waals surface area (Å²) >= 11 is 2.26. The van der Waals surface area contributed by atoms with Gasteiger partial charge in [0.2, 0.25) is 5.76 Å². The normalized spacial score (nSPS) is 18.9. The van der Waals surface area contributed by atoms with Crippen molar-refractivity contribution in [2.75, 3.05) is 5.75 Å². The van der Waals surface area contributed by atoms with Crippen molar-refractivity contribution in [2.45, 2.75) is 37.9 Å². The number of carbonyl (C=O) groups is 3. The minimum Gasteiger partial charge on any atom is -0.478 e. The summed E-state index contributed by atoms with van der Waals surface area (Å²) in [4.78, 5) is 37.4. The van der Waals surface area contributed by atoms with Gasteiger partial charge in [-0.1, -0.05) is 0 Å². The van der Waals surface area contributed by atoms with E-state index >= 15 is 0 Å². The van der Waals surface area contributed by atoms with E-state index in [1.807, 2.05) is 0 Å². The monoisotopic (exact) mass is 466 g/mol. The van der Waals surface area contributed by atoms with Gasteiger partial charge < -0.3 is 23.4 Å². The van der Waals surface area contributed by atoms with E-state index in [0.717, 1.165) is 11.8 Å². The molecule has 0 aliphatic carbocycles. The molecule has 166 valence electrons. The van der Waals surface area contributed by atoms with E-state index in [4.69, 9.17) is 18.3 Å². The van der Waals surface area contributed by atoms with Crippen LogP contribution >= 0.6 is 23.5 Å². The SMILES string of the molecule is CC(C)(C)C(=O)OC1=C(SCc2ccco2)C(CSCc2ccco2)(C(=O)O)OC1=O. The Morgan fingerprint density at radius 1 is 1.10 bits per heavy atom. The van der Waals surface area contributed by atoms with Gasteiger partial charge in [-0.25, -0.2) is 9.59 Å². The van der Waals surface area contributed by atoms with E-state index in [1.165, 1.54) is 24.3 Å². The molecule has 1 N–H and O–H groups in total. The molecule has 2 aromatic rings. The Balaban J connectivity index is 1.92. The smallest absolute Gasteiger partial charge is 0.376 e. The number of hydrogen-bond donors (Lipinski definition) is 1.